The molecule has 0 aliphatic heterocycles. The summed E-state index contributed by atoms with van der Waals surface area (Å²) in [5, 5.41) is 7.78. The number of anilines is 1. The number of fused-ring (bicyclic) bond motifs is 1. The zero-order chi connectivity index (χ0) is 12.5. The van der Waals surface area contributed by atoms with Crippen LogP contribution in [-0.2, 0) is 0 Å². The summed E-state index contributed by atoms with van der Waals surface area (Å²) in [7, 11) is 2.19. The van der Waals surface area contributed by atoms with Gasteiger partial charge in [0, 0.05) is 31.5 Å². The number of aromatic nitrogens is 3. The van der Waals surface area contributed by atoms with Gasteiger partial charge in [0.05, 0.1) is 5.69 Å². The van der Waals surface area contributed by atoms with Crippen molar-refractivity contribution in [2.24, 2.45) is 0 Å². The first kappa shape index (κ1) is 11.5. The fourth-order valence-electron chi connectivity index (χ4n) is 2.23. The van der Waals surface area contributed by atoms with Gasteiger partial charge in [-0.2, -0.15) is 5.10 Å². The maximum atomic E-state index is 4.39. The molecule has 2 aromatic rings. The number of hydrogen-bond donors (Lipinski definition) is 1. The molecule has 5 nitrogen and oxygen atoms in total. The third kappa shape index (κ3) is 2.31. The molecular formula is C13H19N5. The van der Waals surface area contributed by atoms with E-state index in [0.29, 0.717) is 0 Å². The van der Waals surface area contributed by atoms with Gasteiger partial charge in [-0.15, -0.1) is 0 Å². The SMILES string of the molecule is Cc1cc2c(NCCN(C)C3CC3)nccn2n1. The summed E-state index contributed by atoms with van der Waals surface area (Å²) >= 11 is 0. The Kier molecular flexibility index (Phi) is 2.91. The lowest BCUT2D eigenvalue weighted by Crippen LogP contribution is -2.27. The van der Waals surface area contributed by atoms with Crippen LogP contribution in [0.25, 0.3) is 5.52 Å². The molecule has 2 aromatic heterocycles. The molecule has 0 saturated heterocycles. The highest BCUT2D eigenvalue weighted by Gasteiger charge is 2.25. The molecule has 5 heteroatoms. The Hall–Kier alpha value is -1.62. The molecule has 1 N–H and O–H groups in total. The van der Waals surface area contributed by atoms with Gasteiger partial charge in [-0.3, -0.25) is 0 Å². The number of rotatable bonds is 5. The predicted molar refractivity (Wildman–Crippen MR) is 71.9 cm³/mol. The van der Waals surface area contributed by atoms with Crippen LogP contribution >= 0.6 is 0 Å². The van der Waals surface area contributed by atoms with Crippen molar-refractivity contribution in [1.82, 2.24) is 19.5 Å². The third-order valence-corrected chi connectivity index (χ3v) is 3.44. The summed E-state index contributed by atoms with van der Waals surface area (Å²) in [5.74, 6) is 0.919. The zero-order valence-corrected chi connectivity index (χ0v) is 10.9. The first-order valence-corrected chi connectivity index (χ1v) is 6.49. The molecule has 1 saturated carbocycles. The highest BCUT2D eigenvalue weighted by molar-refractivity contribution is 5.67. The maximum absolute atomic E-state index is 4.39. The van der Waals surface area contributed by atoms with Crippen LogP contribution in [0.3, 0.4) is 0 Å². The topological polar surface area (TPSA) is 45.5 Å². The van der Waals surface area contributed by atoms with E-state index in [1.54, 1.807) is 6.20 Å². The summed E-state index contributed by atoms with van der Waals surface area (Å²) in [6.45, 7) is 3.97. The molecule has 96 valence electrons. The van der Waals surface area contributed by atoms with Crippen molar-refractivity contribution in [1.29, 1.82) is 0 Å². The fraction of sp³-hybridized carbons (Fsp3) is 0.538. The van der Waals surface area contributed by atoms with Crippen LogP contribution < -0.4 is 5.32 Å². The van der Waals surface area contributed by atoms with Gasteiger partial charge >= 0.3 is 0 Å². The normalized spacial score (nSPS) is 15.5. The van der Waals surface area contributed by atoms with Crippen molar-refractivity contribution >= 4 is 11.3 Å². The first-order valence-electron chi connectivity index (χ1n) is 6.49. The van der Waals surface area contributed by atoms with Crippen molar-refractivity contribution in [3.05, 3.63) is 24.2 Å². The minimum Gasteiger partial charge on any atom is -0.367 e. The van der Waals surface area contributed by atoms with Crippen molar-refractivity contribution in [3.63, 3.8) is 0 Å². The van der Waals surface area contributed by atoms with E-state index in [2.05, 4.69) is 33.4 Å². The second-order valence-corrected chi connectivity index (χ2v) is 5.03. The predicted octanol–water partition coefficient (Wildman–Crippen LogP) is 1.54. The molecule has 0 amide bonds. The zero-order valence-electron chi connectivity index (χ0n) is 10.9. The van der Waals surface area contributed by atoms with Gasteiger partial charge in [-0.05, 0) is 32.9 Å². The monoisotopic (exact) mass is 245 g/mol. The average molecular weight is 245 g/mol. The highest BCUT2D eigenvalue weighted by atomic mass is 15.2. The van der Waals surface area contributed by atoms with E-state index in [1.165, 1.54) is 12.8 Å². The number of hydrogen-bond acceptors (Lipinski definition) is 4. The third-order valence-electron chi connectivity index (χ3n) is 3.44. The van der Waals surface area contributed by atoms with Gasteiger partial charge < -0.3 is 10.2 Å². The Balaban J connectivity index is 1.66. The average Bonchev–Trinajstić information content (AvgIpc) is 3.11. The van der Waals surface area contributed by atoms with Crippen LogP contribution in [0, 0.1) is 6.92 Å². The molecule has 0 bridgehead atoms. The fourth-order valence-corrected chi connectivity index (χ4v) is 2.23. The Morgan fingerprint density at radius 2 is 2.33 bits per heavy atom. The lowest BCUT2D eigenvalue weighted by molar-refractivity contribution is 0.337. The Morgan fingerprint density at radius 3 is 3.11 bits per heavy atom. The van der Waals surface area contributed by atoms with Gasteiger partial charge in [0.2, 0.25) is 0 Å². The van der Waals surface area contributed by atoms with E-state index >= 15 is 0 Å². The van der Waals surface area contributed by atoms with Gasteiger partial charge in [0.1, 0.15) is 5.52 Å². The Morgan fingerprint density at radius 1 is 1.50 bits per heavy atom. The van der Waals surface area contributed by atoms with Gasteiger partial charge in [-0.1, -0.05) is 0 Å². The summed E-state index contributed by atoms with van der Waals surface area (Å²) in [5.41, 5.74) is 2.06. The first-order chi connectivity index (χ1) is 8.74. The number of aryl methyl sites for hydroxylation is 1. The smallest absolute Gasteiger partial charge is 0.152 e. The molecule has 1 aliphatic rings. The summed E-state index contributed by atoms with van der Waals surface area (Å²) < 4.78 is 1.87. The maximum Gasteiger partial charge on any atom is 0.152 e. The van der Waals surface area contributed by atoms with Crippen LogP contribution in [-0.4, -0.2) is 45.7 Å². The molecule has 1 fully saturated rings. The number of nitrogens with one attached hydrogen (secondary N) is 1. The highest BCUT2D eigenvalue weighted by Crippen LogP contribution is 2.24. The van der Waals surface area contributed by atoms with Gasteiger partial charge in [0.15, 0.2) is 5.82 Å². The molecule has 0 aromatic carbocycles. The van der Waals surface area contributed by atoms with E-state index < -0.39 is 0 Å². The second-order valence-electron chi connectivity index (χ2n) is 5.03. The largest absolute Gasteiger partial charge is 0.367 e. The van der Waals surface area contributed by atoms with E-state index in [4.69, 9.17) is 0 Å². The summed E-state index contributed by atoms with van der Waals surface area (Å²) in [6, 6.07) is 2.87. The number of likely N-dealkylation sites (N-methyl/N-ethyl adjacent to an activating group) is 1. The Labute approximate surface area is 107 Å². The molecule has 0 atom stereocenters. The van der Waals surface area contributed by atoms with Crippen LogP contribution in [0.2, 0.25) is 0 Å². The van der Waals surface area contributed by atoms with Crippen molar-refractivity contribution in [3.8, 4) is 0 Å². The summed E-state index contributed by atoms with van der Waals surface area (Å²) in [4.78, 5) is 6.80. The molecule has 2 heterocycles. The second kappa shape index (κ2) is 4.57. The molecule has 3 rings (SSSR count). The van der Waals surface area contributed by atoms with Gasteiger partial charge in [0.25, 0.3) is 0 Å². The summed E-state index contributed by atoms with van der Waals surface area (Å²) in [6.07, 6.45) is 6.37. The van der Waals surface area contributed by atoms with Crippen LogP contribution in [0.15, 0.2) is 18.5 Å². The molecule has 0 spiro atoms. The van der Waals surface area contributed by atoms with Crippen LogP contribution in [0.4, 0.5) is 5.82 Å². The van der Waals surface area contributed by atoms with Gasteiger partial charge in [-0.25, -0.2) is 9.50 Å². The lowest BCUT2D eigenvalue weighted by Gasteiger charge is -2.16. The molecule has 0 radical (unpaired) electrons. The molecular weight excluding hydrogens is 226 g/mol. The van der Waals surface area contributed by atoms with Crippen LogP contribution in [0.5, 0.6) is 0 Å². The Bertz CT molecular complexity index is 543. The quantitative estimate of drug-likeness (QED) is 0.868. The van der Waals surface area contributed by atoms with Crippen molar-refractivity contribution in [2.45, 2.75) is 25.8 Å². The van der Waals surface area contributed by atoms with Crippen molar-refractivity contribution < 1.29 is 0 Å². The van der Waals surface area contributed by atoms with E-state index in [9.17, 15) is 0 Å². The van der Waals surface area contributed by atoms with Crippen LogP contribution in [0.1, 0.15) is 18.5 Å². The van der Waals surface area contributed by atoms with E-state index in [-0.39, 0.29) is 0 Å². The van der Waals surface area contributed by atoms with Crippen molar-refractivity contribution in [2.75, 3.05) is 25.5 Å². The van der Waals surface area contributed by atoms with E-state index in [0.717, 1.165) is 36.2 Å². The molecule has 18 heavy (non-hydrogen) atoms. The molecule has 0 unspecified atom stereocenters. The minimum absolute atomic E-state index is 0.813. The minimum atomic E-state index is 0.813. The number of nitrogens with zero attached hydrogens (tertiary/aromatic N) is 4. The van der Waals surface area contributed by atoms with E-state index in [1.807, 2.05) is 17.6 Å². The standard InChI is InChI=1S/C13H19N5/c1-10-9-12-13(15-6-8-18(12)16-10)14-5-7-17(2)11-3-4-11/h6,8-9,11H,3-5,7H2,1-2H3,(H,14,15). The molecule has 1 aliphatic carbocycles. The lowest BCUT2D eigenvalue weighted by atomic mass is 10.4.